The van der Waals surface area contributed by atoms with Crippen molar-refractivity contribution < 1.29 is 13.6 Å². The van der Waals surface area contributed by atoms with E-state index < -0.39 is 11.6 Å². The van der Waals surface area contributed by atoms with Gasteiger partial charge in [0.25, 0.3) is 5.91 Å². The molecule has 0 fully saturated rings. The fraction of sp³-hybridized carbons (Fsp3) is 0.0909. The average Bonchev–Trinajstić information content (AvgIpc) is 3.37. The number of nitrogens with one attached hydrogen (secondary N) is 1. The monoisotopic (exact) mass is 409 g/mol. The van der Waals surface area contributed by atoms with Crippen molar-refractivity contribution in [3.63, 3.8) is 0 Å². The minimum atomic E-state index is -0.876. The lowest BCUT2D eigenvalue weighted by Gasteiger charge is -2.10. The van der Waals surface area contributed by atoms with Gasteiger partial charge in [-0.1, -0.05) is 12.1 Å². The topological polar surface area (TPSA) is 46.9 Å². The predicted molar refractivity (Wildman–Crippen MR) is 110 cm³/mol. The first-order valence-electron chi connectivity index (χ1n) is 8.93. The summed E-state index contributed by atoms with van der Waals surface area (Å²) in [5, 5.41) is 3.26. The normalized spacial score (nSPS) is 10.9. The van der Waals surface area contributed by atoms with Crippen LogP contribution in [0.5, 0.6) is 0 Å². The van der Waals surface area contributed by atoms with Crippen LogP contribution < -0.4 is 5.32 Å². The van der Waals surface area contributed by atoms with Crippen LogP contribution in [-0.4, -0.2) is 15.5 Å². The average molecular weight is 409 g/mol. The Bertz CT molecular complexity index is 1170. The molecule has 0 bridgehead atoms. The van der Waals surface area contributed by atoms with Crippen molar-refractivity contribution in [1.82, 2.24) is 9.55 Å². The van der Waals surface area contributed by atoms with Crippen molar-refractivity contribution in [2.75, 3.05) is 5.32 Å². The van der Waals surface area contributed by atoms with E-state index in [0.717, 1.165) is 22.2 Å². The maximum absolute atomic E-state index is 13.4. The Morgan fingerprint density at radius 1 is 1.10 bits per heavy atom. The molecule has 146 valence electrons. The van der Waals surface area contributed by atoms with Gasteiger partial charge in [0.2, 0.25) is 0 Å². The summed E-state index contributed by atoms with van der Waals surface area (Å²) < 4.78 is 28.4. The number of halogens is 2. The van der Waals surface area contributed by atoms with Crippen molar-refractivity contribution >= 4 is 22.4 Å². The van der Waals surface area contributed by atoms with Gasteiger partial charge in [0.15, 0.2) is 16.8 Å². The second-order valence-electron chi connectivity index (χ2n) is 6.60. The lowest BCUT2D eigenvalue weighted by molar-refractivity contribution is 0.102. The van der Waals surface area contributed by atoms with Crippen molar-refractivity contribution in [2.24, 2.45) is 0 Å². The zero-order valence-electron chi connectivity index (χ0n) is 15.5. The van der Waals surface area contributed by atoms with Crippen LogP contribution in [0.15, 0.2) is 67.1 Å². The number of nitrogens with zero attached hydrogens (tertiary/aromatic N) is 2. The number of hydrogen-bond donors (Lipinski definition) is 1. The van der Waals surface area contributed by atoms with E-state index in [-0.39, 0.29) is 5.91 Å². The number of amides is 1. The highest BCUT2D eigenvalue weighted by atomic mass is 32.1. The molecule has 29 heavy (non-hydrogen) atoms. The first-order chi connectivity index (χ1) is 14.0. The summed E-state index contributed by atoms with van der Waals surface area (Å²) in [5.74, 6) is -2.01. The second-order valence-corrected chi connectivity index (χ2v) is 7.72. The molecule has 0 spiro atoms. The molecule has 4 aromatic rings. The van der Waals surface area contributed by atoms with Crippen molar-refractivity contribution in [2.45, 2.75) is 13.3 Å². The van der Waals surface area contributed by atoms with Crippen LogP contribution >= 0.6 is 11.3 Å². The minimum absolute atomic E-state index is 0.257. The molecule has 0 saturated carbocycles. The van der Waals surface area contributed by atoms with E-state index in [2.05, 4.69) is 10.3 Å². The molecule has 0 atom stereocenters. The van der Waals surface area contributed by atoms with Gasteiger partial charge in [-0.15, -0.1) is 11.3 Å². The third-order valence-electron chi connectivity index (χ3n) is 4.49. The van der Waals surface area contributed by atoms with Gasteiger partial charge in [0.1, 0.15) is 0 Å². The quantitative estimate of drug-likeness (QED) is 0.482. The molecular formula is C22H17F2N3OS. The van der Waals surface area contributed by atoms with Crippen molar-refractivity contribution in [3.8, 4) is 5.69 Å². The number of aromatic nitrogens is 2. The number of thiazole rings is 1. The number of carbonyl (C=O) groups is 1. The van der Waals surface area contributed by atoms with E-state index in [1.807, 2.05) is 48.1 Å². The first kappa shape index (κ1) is 19.0. The van der Waals surface area contributed by atoms with Crippen LogP contribution in [0, 0.1) is 18.6 Å². The molecule has 4 nitrogen and oxygen atoms in total. The molecule has 2 heterocycles. The van der Waals surface area contributed by atoms with E-state index in [9.17, 15) is 13.6 Å². The number of hydrogen-bond acceptors (Lipinski definition) is 3. The van der Waals surface area contributed by atoms with Crippen LogP contribution in [-0.2, 0) is 6.42 Å². The maximum atomic E-state index is 13.4. The number of carbonyl (C=O) groups excluding carboxylic acids is 1. The zero-order chi connectivity index (χ0) is 20.4. The Kier molecular flexibility index (Phi) is 5.22. The number of benzene rings is 2. The summed E-state index contributed by atoms with van der Waals surface area (Å²) in [6.07, 6.45) is 5.89. The molecule has 7 heteroatoms. The molecule has 0 aliphatic heterocycles. The van der Waals surface area contributed by atoms with Crippen molar-refractivity contribution in [1.29, 1.82) is 0 Å². The molecule has 4 rings (SSSR count). The minimum Gasteiger partial charge on any atom is -0.324 e. The molecule has 0 aliphatic rings. The molecule has 0 aliphatic carbocycles. The Morgan fingerprint density at radius 3 is 2.66 bits per heavy atom. The van der Waals surface area contributed by atoms with Gasteiger partial charge in [0, 0.05) is 41.1 Å². The van der Waals surface area contributed by atoms with Gasteiger partial charge in [-0.2, -0.15) is 0 Å². The molecule has 0 unspecified atom stereocenters. The fourth-order valence-electron chi connectivity index (χ4n) is 2.99. The van der Waals surface area contributed by atoms with Crippen LogP contribution in [0.25, 0.3) is 5.69 Å². The van der Waals surface area contributed by atoms with Gasteiger partial charge >= 0.3 is 0 Å². The summed E-state index contributed by atoms with van der Waals surface area (Å²) in [5.41, 5.74) is 3.15. The number of anilines is 1. The third-order valence-corrected chi connectivity index (χ3v) is 5.40. The highest BCUT2D eigenvalue weighted by molar-refractivity contribution is 7.15. The molecule has 2 aromatic heterocycles. The van der Waals surface area contributed by atoms with Crippen molar-refractivity contribution in [3.05, 3.63) is 100 Å². The van der Waals surface area contributed by atoms with Crippen LogP contribution in [0.2, 0.25) is 0 Å². The van der Waals surface area contributed by atoms with E-state index in [1.165, 1.54) is 23.5 Å². The lowest BCUT2D eigenvalue weighted by atomic mass is 10.1. The summed E-state index contributed by atoms with van der Waals surface area (Å²) in [6.45, 7) is 1.99. The molecular weight excluding hydrogens is 392 g/mol. The van der Waals surface area contributed by atoms with Crippen LogP contribution in [0.4, 0.5) is 13.9 Å². The fourth-order valence-corrected chi connectivity index (χ4v) is 3.83. The molecule has 1 amide bonds. The molecule has 1 N–H and O–H groups in total. The number of aryl methyl sites for hydroxylation is 1. The third kappa shape index (κ3) is 4.25. The molecule has 0 radical (unpaired) electrons. The Balaban J connectivity index is 1.48. The highest BCUT2D eigenvalue weighted by Crippen LogP contribution is 2.23. The van der Waals surface area contributed by atoms with E-state index >= 15 is 0 Å². The Hall–Kier alpha value is -3.32. The predicted octanol–water partition coefficient (Wildman–Crippen LogP) is 5.36. The Labute approximate surface area is 170 Å². The Morgan fingerprint density at radius 2 is 1.90 bits per heavy atom. The van der Waals surface area contributed by atoms with Gasteiger partial charge in [-0.3, -0.25) is 10.1 Å². The van der Waals surface area contributed by atoms with Gasteiger partial charge < -0.3 is 4.57 Å². The van der Waals surface area contributed by atoms with Gasteiger partial charge in [-0.25, -0.2) is 13.8 Å². The summed E-state index contributed by atoms with van der Waals surface area (Å²) >= 11 is 1.30. The van der Waals surface area contributed by atoms with E-state index in [4.69, 9.17) is 0 Å². The van der Waals surface area contributed by atoms with Crippen LogP contribution in [0.3, 0.4) is 0 Å². The summed E-state index contributed by atoms with van der Waals surface area (Å²) in [7, 11) is 0. The second kappa shape index (κ2) is 7.97. The van der Waals surface area contributed by atoms with Gasteiger partial charge in [-0.05, 0) is 54.4 Å². The van der Waals surface area contributed by atoms with Crippen LogP contribution in [0.1, 0.15) is 26.4 Å². The standard InChI is InChI=1S/C22H17F2N3OS/c1-14-4-6-16(12-20(14)27-8-2-3-9-27)21(28)26-22-25-13-17(29-22)10-15-5-7-18(23)19(24)11-15/h2-9,11-13H,10H2,1H3,(H,25,26,28). The molecule has 2 aromatic carbocycles. The molecule has 0 saturated heterocycles. The van der Waals surface area contributed by atoms with Gasteiger partial charge in [0.05, 0.1) is 0 Å². The van der Waals surface area contributed by atoms with E-state index in [1.54, 1.807) is 12.3 Å². The SMILES string of the molecule is Cc1ccc(C(=O)Nc2ncc(Cc3ccc(F)c(F)c3)s2)cc1-n1cccc1. The number of rotatable bonds is 5. The smallest absolute Gasteiger partial charge is 0.257 e. The largest absolute Gasteiger partial charge is 0.324 e. The highest BCUT2D eigenvalue weighted by Gasteiger charge is 2.12. The summed E-state index contributed by atoms with van der Waals surface area (Å²) in [6, 6.07) is 13.2. The van der Waals surface area contributed by atoms with E-state index in [0.29, 0.717) is 22.7 Å². The first-order valence-corrected chi connectivity index (χ1v) is 9.75. The lowest BCUT2D eigenvalue weighted by Crippen LogP contribution is -2.12. The zero-order valence-corrected chi connectivity index (χ0v) is 16.3. The summed E-state index contributed by atoms with van der Waals surface area (Å²) in [4.78, 5) is 17.7. The maximum Gasteiger partial charge on any atom is 0.257 e.